The molecule has 2 amide bonds. The predicted molar refractivity (Wildman–Crippen MR) is 197 cm³/mol. The van der Waals surface area contributed by atoms with Gasteiger partial charge in [0.05, 0.1) is 43.6 Å². The van der Waals surface area contributed by atoms with Crippen molar-refractivity contribution in [2.45, 2.75) is 69.7 Å². The van der Waals surface area contributed by atoms with Crippen LogP contribution in [-0.4, -0.2) is 75.8 Å². The first-order chi connectivity index (χ1) is 26.3. The van der Waals surface area contributed by atoms with E-state index in [0.29, 0.717) is 17.0 Å². The molecule has 3 atom stereocenters. The summed E-state index contributed by atoms with van der Waals surface area (Å²) in [4.78, 5) is 54.0. The number of pyridine rings is 1. The smallest absolute Gasteiger partial charge is 0.411 e. The van der Waals surface area contributed by atoms with Crippen molar-refractivity contribution in [2.24, 2.45) is 0 Å². The molecule has 11 nitrogen and oxygen atoms in total. The number of rotatable bonds is 11. The maximum Gasteiger partial charge on any atom is 0.411 e. The molecule has 2 aromatic heterocycles. The average molecular weight is 758 g/mol. The standard InChI is InChI=1S/C41H42F3N5O6/c1-41(2,3)55-40(52)49-22-29(54-23-34(49)38-46-32-7-5-6-8-33(32)47-38)17-18-30-26(20-45-21-31(30)44)19-35(50)37(48-39(51)53-4)36(24-9-13-27(42)14-10-24)25-11-15-28(43)16-12-25/h5-16,20-21,29,34,36-37H,17-19,22-23H2,1-4H3,(H,46,47)(H,48,51)/t29-,34+,37-/m1/s1. The number of H-pyrrole nitrogens is 1. The fraction of sp³-hybridized carbons (Fsp3) is 0.341. The number of ketones is 1. The van der Waals surface area contributed by atoms with Crippen molar-refractivity contribution >= 4 is 29.0 Å². The highest BCUT2D eigenvalue weighted by Crippen LogP contribution is 2.32. The number of morpholine rings is 1. The lowest BCUT2D eigenvalue weighted by molar-refractivity contribution is -0.120. The number of methoxy groups -OCH3 is 1. The number of halogens is 3. The Kier molecular flexibility index (Phi) is 11.8. The fourth-order valence-corrected chi connectivity index (χ4v) is 6.76. The molecule has 288 valence electrons. The fourth-order valence-electron chi connectivity index (χ4n) is 6.76. The summed E-state index contributed by atoms with van der Waals surface area (Å²) in [6.07, 6.45) is 0.502. The van der Waals surface area contributed by atoms with Crippen LogP contribution in [0.15, 0.2) is 85.2 Å². The largest absolute Gasteiger partial charge is 0.453 e. The van der Waals surface area contributed by atoms with Gasteiger partial charge in [0.1, 0.15) is 41.0 Å². The third-order valence-corrected chi connectivity index (χ3v) is 9.39. The molecule has 2 N–H and O–H groups in total. The van der Waals surface area contributed by atoms with Gasteiger partial charge in [-0.25, -0.2) is 27.7 Å². The maximum absolute atomic E-state index is 15.6. The molecular weight excluding hydrogens is 715 g/mol. The summed E-state index contributed by atoms with van der Waals surface area (Å²) in [6, 6.07) is 16.4. The van der Waals surface area contributed by atoms with Gasteiger partial charge in [0.25, 0.3) is 0 Å². The number of carbonyl (C=O) groups is 3. The van der Waals surface area contributed by atoms with Gasteiger partial charge in [-0.15, -0.1) is 0 Å². The van der Waals surface area contributed by atoms with Gasteiger partial charge in [0.15, 0.2) is 5.78 Å². The predicted octanol–water partition coefficient (Wildman–Crippen LogP) is 7.35. The Bertz CT molecular complexity index is 2060. The summed E-state index contributed by atoms with van der Waals surface area (Å²) >= 11 is 0. The third-order valence-electron chi connectivity index (χ3n) is 9.39. The first-order valence-electron chi connectivity index (χ1n) is 17.8. The van der Waals surface area contributed by atoms with E-state index in [0.717, 1.165) is 24.3 Å². The van der Waals surface area contributed by atoms with Gasteiger partial charge in [-0.3, -0.25) is 14.7 Å². The zero-order chi connectivity index (χ0) is 39.3. The number of imidazole rings is 1. The van der Waals surface area contributed by atoms with Crippen LogP contribution in [0.1, 0.15) is 67.2 Å². The number of aromatic nitrogens is 3. The monoisotopic (exact) mass is 757 g/mol. The van der Waals surface area contributed by atoms with E-state index in [-0.39, 0.29) is 43.5 Å². The molecule has 3 aromatic carbocycles. The lowest BCUT2D eigenvalue weighted by Crippen LogP contribution is -2.49. The zero-order valence-electron chi connectivity index (χ0n) is 30.9. The SMILES string of the molecule is COC(=O)N[C@H](C(=O)Cc1cncc(F)c1CC[C@@H]1CN(C(=O)OC(C)(C)C)[C@H](c2nc3ccccc3[nH]2)CO1)C(c1ccc(F)cc1)c1ccc(F)cc1. The molecule has 1 aliphatic rings. The van der Waals surface area contributed by atoms with E-state index in [9.17, 15) is 23.2 Å². The first-order valence-corrected chi connectivity index (χ1v) is 17.8. The summed E-state index contributed by atoms with van der Waals surface area (Å²) in [6.45, 7) is 5.56. The second-order valence-corrected chi connectivity index (χ2v) is 14.4. The van der Waals surface area contributed by atoms with Crippen LogP contribution in [0.3, 0.4) is 0 Å². The van der Waals surface area contributed by atoms with E-state index in [1.165, 1.54) is 54.7 Å². The topological polar surface area (TPSA) is 136 Å². The van der Waals surface area contributed by atoms with Crippen molar-refractivity contribution in [3.8, 4) is 0 Å². The van der Waals surface area contributed by atoms with Crippen molar-refractivity contribution < 1.29 is 41.8 Å². The molecule has 6 rings (SSSR count). The van der Waals surface area contributed by atoms with Gasteiger partial charge in [0.2, 0.25) is 0 Å². The number of nitrogens with one attached hydrogen (secondary N) is 2. The molecule has 1 saturated heterocycles. The number of ether oxygens (including phenoxy) is 3. The van der Waals surface area contributed by atoms with Crippen LogP contribution in [0.4, 0.5) is 22.8 Å². The lowest BCUT2D eigenvalue weighted by Gasteiger charge is -2.39. The van der Waals surface area contributed by atoms with Crippen molar-refractivity contribution in [3.05, 3.63) is 131 Å². The second-order valence-electron chi connectivity index (χ2n) is 14.4. The Morgan fingerprint density at radius 1 is 0.964 bits per heavy atom. The van der Waals surface area contributed by atoms with Crippen molar-refractivity contribution in [2.75, 3.05) is 20.3 Å². The average Bonchev–Trinajstić information content (AvgIpc) is 3.59. The van der Waals surface area contributed by atoms with Gasteiger partial charge in [-0.2, -0.15) is 0 Å². The maximum atomic E-state index is 15.6. The Morgan fingerprint density at radius 3 is 2.24 bits per heavy atom. The summed E-state index contributed by atoms with van der Waals surface area (Å²) in [5.74, 6) is -2.55. The van der Waals surface area contributed by atoms with Crippen molar-refractivity contribution in [1.82, 2.24) is 25.2 Å². The van der Waals surface area contributed by atoms with Crippen LogP contribution in [0, 0.1) is 17.5 Å². The van der Waals surface area contributed by atoms with Crippen LogP contribution >= 0.6 is 0 Å². The molecule has 3 heterocycles. The van der Waals surface area contributed by atoms with Gasteiger partial charge >= 0.3 is 12.2 Å². The quantitative estimate of drug-likeness (QED) is 0.143. The van der Waals surface area contributed by atoms with Crippen LogP contribution in [0.25, 0.3) is 11.0 Å². The summed E-state index contributed by atoms with van der Waals surface area (Å²) in [5, 5.41) is 2.60. The van der Waals surface area contributed by atoms with E-state index < -0.39 is 65.1 Å². The lowest BCUT2D eigenvalue weighted by atomic mass is 9.81. The number of amides is 2. The van der Waals surface area contributed by atoms with Crippen molar-refractivity contribution in [3.63, 3.8) is 0 Å². The van der Waals surface area contributed by atoms with E-state index in [4.69, 9.17) is 19.2 Å². The van der Waals surface area contributed by atoms with Crippen LogP contribution in [0.2, 0.25) is 0 Å². The van der Waals surface area contributed by atoms with Gasteiger partial charge in [-0.1, -0.05) is 36.4 Å². The zero-order valence-corrected chi connectivity index (χ0v) is 30.9. The van der Waals surface area contributed by atoms with Crippen LogP contribution in [-0.2, 0) is 31.8 Å². The number of aromatic amines is 1. The number of Topliss-reactive ketones (excluding diaryl/α,β-unsaturated/α-hetero) is 1. The molecule has 0 saturated carbocycles. The highest BCUT2D eigenvalue weighted by Gasteiger charge is 2.38. The number of alkyl carbamates (subject to hydrolysis) is 1. The van der Waals surface area contributed by atoms with Crippen LogP contribution < -0.4 is 5.32 Å². The summed E-state index contributed by atoms with van der Waals surface area (Å²) in [7, 11) is 1.15. The van der Waals surface area contributed by atoms with Crippen LogP contribution in [0.5, 0.6) is 0 Å². The van der Waals surface area contributed by atoms with E-state index in [2.05, 4.69) is 15.3 Å². The summed E-state index contributed by atoms with van der Waals surface area (Å²) in [5.41, 5.74) is 2.20. The molecule has 0 radical (unpaired) electrons. The minimum absolute atomic E-state index is 0.100. The minimum Gasteiger partial charge on any atom is -0.453 e. The number of fused-ring (bicyclic) bond motifs is 1. The second kappa shape index (κ2) is 16.7. The molecule has 1 aliphatic heterocycles. The molecule has 0 unspecified atom stereocenters. The number of hydrogen-bond donors (Lipinski definition) is 2. The molecular formula is C41H42F3N5O6. The Labute approximate surface area is 316 Å². The Hall–Kier alpha value is -5.76. The Morgan fingerprint density at radius 2 is 1.62 bits per heavy atom. The normalized spacial score (nSPS) is 16.5. The first kappa shape index (κ1) is 38.9. The number of benzene rings is 3. The molecule has 0 bridgehead atoms. The van der Waals surface area contributed by atoms with E-state index in [1.54, 1.807) is 25.7 Å². The van der Waals surface area contributed by atoms with Crippen molar-refractivity contribution in [1.29, 1.82) is 0 Å². The highest BCUT2D eigenvalue weighted by molar-refractivity contribution is 5.91. The third kappa shape index (κ3) is 9.49. The minimum atomic E-state index is -1.29. The van der Waals surface area contributed by atoms with Gasteiger partial charge < -0.3 is 24.5 Å². The van der Waals surface area contributed by atoms with E-state index >= 15 is 4.39 Å². The Balaban J connectivity index is 1.24. The number of carbonyl (C=O) groups excluding carboxylic acids is 3. The van der Waals surface area contributed by atoms with Gasteiger partial charge in [-0.05, 0) is 92.3 Å². The molecule has 55 heavy (non-hydrogen) atoms. The molecule has 14 heteroatoms. The number of para-hydroxylation sites is 2. The molecule has 0 aliphatic carbocycles. The number of nitrogens with zero attached hydrogens (tertiary/aromatic N) is 3. The molecule has 0 spiro atoms. The summed E-state index contributed by atoms with van der Waals surface area (Å²) < 4.78 is 60.4. The molecule has 5 aromatic rings. The van der Waals surface area contributed by atoms with Gasteiger partial charge in [0, 0.05) is 18.5 Å². The highest BCUT2D eigenvalue weighted by atomic mass is 19.1. The number of hydrogen-bond acceptors (Lipinski definition) is 8. The molecule has 1 fully saturated rings. The van der Waals surface area contributed by atoms with E-state index in [1.807, 2.05) is 24.3 Å².